The van der Waals surface area contributed by atoms with E-state index in [-0.39, 0.29) is 11.3 Å². The Balaban J connectivity index is 2.19. The number of rotatable bonds is 5. The van der Waals surface area contributed by atoms with E-state index in [1.54, 1.807) is 36.4 Å². The molecule has 0 saturated carbocycles. The second kappa shape index (κ2) is 5.97. The highest BCUT2D eigenvalue weighted by atomic mass is 32.2. The van der Waals surface area contributed by atoms with Crippen molar-refractivity contribution in [2.45, 2.75) is 18.2 Å². The van der Waals surface area contributed by atoms with E-state index < -0.39 is 16.0 Å². The lowest BCUT2D eigenvalue weighted by molar-refractivity contribution is -0.136. The molecule has 0 aliphatic carbocycles. The van der Waals surface area contributed by atoms with Crippen LogP contribution >= 0.6 is 0 Å². The maximum Gasteiger partial charge on any atom is 0.307 e. The fraction of sp³-hybridized carbons (Fsp3) is 0.133. The minimum absolute atomic E-state index is 0.0924. The molecule has 0 amide bonds. The first-order valence-corrected chi connectivity index (χ1v) is 7.75. The van der Waals surface area contributed by atoms with Gasteiger partial charge >= 0.3 is 5.97 Å². The molecule has 6 heteroatoms. The smallest absolute Gasteiger partial charge is 0.307 e. The van der Waals surface area contributed by atoms with E-state index in [9.17, 15) is 13.2 Å². The Morgan fingerprint density at radius 2 is 1.81 bits per heavy atom. The minimum Gasteiger partial charge on any atom is -0.481 e. The number of aryl methyl sites for hydroxylation is 1. The van der Waals surface area contributed by atoms with Gasteiger partial charge in [0.2, 0.25) is 0 Å². The number of carbonyl (C=O) groups is 1. The Bertz CT molecular complexity index is 751. The van der Waals surface area contributed by atoms with Gasteiger partial charge < -0.3 is 5.11 Å². The molecule has 5 nitrogen and oxygen atoms in total. The van der Waals surface area contributed by atoms with Gasteiger partial charge in [-0.2, -0.15) is 0 Å². The van der Waals surface area contributed by atoms with Crippen LogP contribution in [0.2, 0.25) is 0 Å². The van der Waals surface area contributed by atoms with Gasteiger partial charge in [0.05, 0.1) is 11.3 Å². The number of hydrogen-bond donors (Lipinski definition) is 2. The molecule has 2 rings (SSSR count). The van der Waals surface area contributed by atoms with Crippen LogP contribution in [0.4, 0.5) is 5.69 Å². The van der Waals surface area contributed by atoms with Crippen molar-refractivity contribution in [1.82, 2.24) is 0 Å². The summed E-state index contributed by atoms with van der Waals surface area (Å²) in [5, 5.41) is 8.69. The van der Waals surface area contributed by atoms with E-state index in [1.165, 1.54) is 6.07 Å². The highest BCUT2D eigenvalue weighted by molar-refractivity contribution is 7.92. The second-order valence-corrected chi connectivity index (χ2v) is 6.37. The Kier molecular flexibility index (Phi) is 4.28. The quantitative estimate of drug-likeness (QED) is 0.888. The lowest BCUT2D eigenvalue weighted by atomic mass is 10.1. The van der Waals surface area contributed by atoms with Crippen LogP contribution in [0, 0.1) is 6.92 Å². The van der Waals surface area contributed by atoms with Crippen molar-refractivity contribution in [1.29, 1.82) is 0 Å². The maximum atomic E-state index is 12.2. The summed E-state index contributed by atoms with van der Waals surface area (Å²) in [4.78, 5) is 10.8. The van der Waals surface area contributed by atoms with Gasteiger partial charge in [-0.3, -0.25) is 9.52 Å². The number of aliphatic carboxylic acids is 1. The lowest BCUT2D eigenvalue weighted by Crippen LogP contribution is -2.13. The molecule has 0 atom stereocenters. The third kappa shape index (κ3) is 4.06. The van der Waals surface area contributed by atoms with E-state index in [4.69, 9.17) is 5.11 Å². The van der Waals surface area contributed by atoms with Gasteiger partial charge in [-0.25, -0.2) is 8.42 Å². The highest BCUT2D eigenvalue weighted by Crippen LogP contribution is 2.17. The zero-order valence-electron chi connectivity index (χ0n) is 11.4. The van der Waals surface area contributed by atoms with Gasteiger partial charge in [-0.05, 0) is 42.3 Å². The third-order valence-electron chi connectivity index (χ3n) is 2.86. The first-order chi connectivity index (χ1) is 9.87. The molecule has 0 aliphatic rings. The predicted octanol–water partition coefficient (Wildman–Crippen LogP) is 2.42. The summed E-state index contributed by atoms with van der Waals surface area (Å²) in [6, 6.07) is 12.9. The monoisotopic (exact) mass is 305 g/mol. The minimum atomic E-state index is -3.64. The van der Waals surface area contributed by atoms with E-state index >= 15 is 0 Å². The number of benzene rings is 2. The molecule has 0 unspecified atom stereocenters. The number of carboxylic acids is 1. The van der Waals surface area contributed by atoms with Gasteiger partial charge in [0.1, 0.15) is 0 Å². The first kappa shape index (κ1) is 15.1. The molecule has 0 aliphatic heterocycles. The molecule has 0 radical (unpaired) electrons. The van der Waals surface area contributed by atoms with Gasteiger partial charge in [0, 0.05) is 5.69 Å². The molecule has 21 heavy (non-hydrogen) atoms. The third-order valence-corrected chi connectivity index (χ3v) is 4.24. The van der Waals surface area contributed by atoms with E-state index in [1.807, 2.05) is 13.0 Å². The Hall–Kier alpha value is -2.34. The van der Waals surface area contributed by atoms with Crippen LogP contribution in [0.3, 0.4) is 0 Å². The van der Waals surface area contributed by atoms with Crippen molar-refractivity contribution in [3.05, 3.63) is 59.7 Å². The fourth-order valence-corrected chi connectivity index (χ4v) is 3.02. The summed E-state index contributed by atoms with van der Waals surface area (Å²) < 4.78 is 26.9. The van der Waals surface area contributed by atoms with E-state index in [0.717, 1.165) is 5.56 Å². The van der Waals surface area contributed by atoms with Crippen molar-refractivity contribution < 1.29 is 18.3 Å². The molecule has 0 fully saturated rings. The number of hydrogen-bond acceptors (Lipinski definition) is 3. The number of anilines is 1. The van der Waals surface area contributed by atoms with Gasteiger partial charge in [0.15, 0.2) is 0 Å². The molecule has 2 N–H and O–H groups in total. The zero-order chi connectivity index (χ0) is 15.5. The van der Waals surface area contributed by atoms with Crippen molar-refractivity contribution in [2.24, 2.45) is 0 Å². The average Bonchev–Trinajstić information content (AvgIpc) is 2.40. The van der Waals surface area contributed by atoms with Gasteiger partial charge in [-0.1, -0.05) is 24.3 Å². The summed E-state index contributed by atoms with van der Waals surface area (Å²) in [6.45, 7) is 1.82. The van der Waals surface area contributed by atoms with Gasteiger partial charge in [0.25, 0.3) is 10.0 Å². The summed E-state index contributed by atoms with van der Waals surface area (Å²) in [6.07, 6.45) is -0.0924. The fourth-order valence-electron chi connectivity index (χ4n) is 1.86. The molecule has 0 saturated heterocycles. The van der Waals surface area contributed by atoms with Crippen molar-refractivity contribution in [3.63, 3.8) is 0 Å². The van der Waals surface area contributed by atoms with Crippen molar-refractivity contribution >= 4 is 21.7 Å². The Morgan fingerprint density at radius 1 is 1.14 bits per heavy atom. The molecule has 2 aromatic carbocycles. The number of sulfonamides is 1. The predicted molar refractivity (Wildman–Crippen MR) is 79.8 cm³/mol. The van der Waals surface area contributed by atoms with Gasteiger partial charge in [-0.15, -0.1) is 0 Å². The SMILES string of the molecule is Cc1cccc(S(=O)(=O)Nc2ccc(CC(=O)O)cc2)c1. The lowest BCUT2D eigenvalue weighted by Gasteiger charge is -2.09. The summed E-state index contributed by atoms with van der Waals surface area (Å²) in [7, 11) is -3.64. The van der Waals surface area contributed by atoms with E-state index in [0.29, 0.717) is 11.3 Å². The van der Waals surface area contributed by atoms with Crippen molar-refractivity contribution in [3.8, 4) is 0 Å². The highest BCUT2D eigenvalue weighted by Gasteiger charge is 2.14. The molecule has 110 valence electrons. The molecule has 0 bridgehead atoms. The van der Waals surface area contributed by atoms with Crippen LogP contribution in [-0.4, -0.2) is 19.5 Å². The number of nitrogens with one attached hydrogen (secondary N) is 1. The summed E-state index contributed by atoms with van der Waals surface area (Å²) >= 11 is 0. The molecule has 0 spiro atoms. The van der Waals surface area contributed by atoms with E-state index in [2.05, 4.69) is 4.72 Å². The first-order valence-electron chi connectivity index (χ1n) is 6.27. The molecule has 0 heterocycles. The standard InChI is InChI=1S/C15H15NO4S/c1-11-3-2-4-14(9-11)21(19,20)16-13-7-5-12(6-8-13)10-15(17)18/h2-9,16H,10H2,1H3,(H,17,18). The number of carboxylic acid groups (broad SMARTS) is 1. The second-order valence-electron chi connectivity index (χ2n) is 4.69. The van der Waals surface area contributed by atoms with Crippen LogP contribution in [-0.2, 0) is 21.2 Å². The summed E-state index contributed by atoms with van der Waals surface area (Å²) in [5.74, 6) is -0.928. The topological polar surface area (TPSA) is 83.5 Å². The Morgan fingerprint density at radius 3 is 2.38 bits per heavy atom. The van der Waals surface area contributed by atoms with Crippen LogP contribution in [0.1, 0.15) is 11.1 Å². The summed E-state index contributed by atoms with van der Waals surface area (Å²) in [5.41, 5.74) is 1.86. The van der Waals surface area contributed by atoms with Crippen LogP contribution in [0.5, 0.6) is 0 Å². The maximum absolute atomic E-state index is 12.2. The normalized spacial score (nSPS) is 11.1. The van der Waals surface area contributed by atoms with Crippen LogP contribution in [0.15, 0.2) is 53.4 Å². The largest absolute Gasteiger partial charge is 0.481 e. The van der Waals surface area contributed by atoms with Crippen LogP contribution < -0.4 is 4.72 Å². The molecule has 0 aromatic heterocycles. The van der Waals surface area contributed by atoms with Crippen LogP contribution in [0.25, 0.3) is 0 Å². The zero-order valence-corrected chi connectivity index (χ0v) is 12.2. The molecular formula is C15H15NO4S. The Labute approximate surface area is 123 Å². The molecular weight excluding hydrogens is 290 g/mol. The van der Waals surface area contributed by atoms with Crippen molar-refractivity contribution in [2.75, 3.05) is 4.72 Å². The molecule has 2 aromatic rings. The average molecular weight is 305 g/mol.